The summed E-state index contributed by atoms with van der Waals surface area (Å²) in [5.74, 6) is -0.668. The number of carbonyl (C=O) groups is 1. The number of hydrogen-bond donors (Lipinski definition) is 1. The van der Waals surface area contributed by atoms with Gasteiger partial charge in [-0.1, -0.05) is 24.3 Å². The van der Waals surface area contributed by atoms with Gasteiger partial charge in [-0.2, -0.15) is 5.10 Å². The zero-order valence-corrected chi connectivity index (χ0v) is 14.7. The Kier molecular flexibility index (Phi) is 4.47. The summed E-state index contributed by atoms with van der Waals surface area (Å²) in [4.78, 5) is 28.5. The van der Waals surface area contributed by atoms with E-state index in [2.05, 4.69) is 15.4 Å². The maximum absolute atomic E-state index is 13.3. The number of para-hydroxylation sites is 1. The van der Waals surface area contributed by atoms with Crippen molar-refractivity contribution in [1.82, 2.24) is 14.8 Å². The Labute approximate surface area is 156 Å². The molecular formula is C19H13FN4O2S. The average molecular weight is 380 g/mol. The Morgan fingerprint density at radius 2 is 2.04 bits per heavy atom. The summed E-state index contributed by atoms with van der Waals surface area (Å²) < 4.78 is 14.8. The molecule has 2 heterocycles. The van der Waals surface area contributed by atoms with Gasteiger partial charge in [-0.3, -0.25) is 14.3 Å². The van der Waals surface area contributed by atoms with Gasteiger partial charge in [0.2, 0.25) is 11.3 Å². The molecule has 0 bridgehead atoms. The zero-order valence-electron chi connectivity index (χ0n) is 13.9. The summed E-state index contributed by atoms with van der Waals surface area (Å²) in [6.45, 7) is -0.0598. The third-order valence-electron chi connectivity index (χ3n) is 3.93. The minimum Gasteiger partial charge on any atom is -0.300 e. The number of rotatable bonds is 4. The van der Waals surface area contributed by atoms with Crippen molar-refractivity contribution in [3.63, 3.8) is 0 Å². The van der Waals surface area contributed by atoms with E-state index in [0.717, 1.165) is 0 Å². The lowest BCUT2D eigenvalue weighted by Crippen LogP contribution is -2.22. The Bertz CT molecular complexity index is 1200. The van der Waals surface area contributed by atoms with Crippen molar-refractivity contribution in [2.24, 2.45) is 0 Å². The van der Waals surface area contributed by atoms with Crippen molar-refractivity contribution in [3.05, 3.63) is 76.1 Å². The normalized spacial score (nSPS) is 10.9. The standard InChI is InChI=1S/C19H13FN4O2S/c20-13-5-3-4-12(8-13)15-11-27-19(22-15)23-18(26)10-24-16-7-2-1-6-14(16)17(25)9-21-24/h1-9,11H,10H2,(H,22,23,26). The van der Waals surface area contributed by atoms with Gasteiger partial charge in [-0.05, 0) is 24.3 Å². The number of carbonyl (C=O) groups excluding carboxylic acids is 1. The number of hydrogen-bond acceptors (Lipinski definition) is 5. The number of anilines is 1. The Hall–Kier alpha value is -3.39. The third kappa shape index (κ3) is 3.61. The van der Waals surface area contributed by atoms with Crippen LogP contribution >= 0.6 is 11.3 Å². The molecule has 0 aliphatic carbocycles. The minimum absolute atomic E-state index is 0.0598. The van der Waals surface area contributed by atoms with Gasteiger partial charge in [0.05, 0.1) is 17.4 Å². The van der Waals surface area contributed by atoms with Crippen LogP contribution in [-0.2, 0) is 11.3 Å². The molecule has 2 aromatic heterocycles. The van der Waals surface area contributed by atoms with Gasteiger partial charge in [0.25, 0.3) is 0 Å². The lowest BCUT2D eigenvalue weighted by molar-refractivity contribution is -0.116. The van der Waals surface area contributed by atoms with Gasteiger partial charge >= 0.3 is 0 Å². The predicted octanol–water partition coefficient (Wildman–Crippen LogP) is 3.30. The molecular weight excluding hydrogens is 367 g/mol. The van der Waals surface area contributed by atoms with Crippen LogP contribution in [0, 0.1) is 5.82 Å². The fourth-order valence-electron chi connectivity index (χ4n) is 2.69. The van der Waals surface area contributed by atoms with Crippen LogP contribution in [0.15, 0.2) is 64.9 Å². The van der Waals surface area contributed by atoms with E-state index in [4.69, 9.17) is 0 Å². The monoisotopic (exact) mass is 380 g/mol. The average Bonchev–Trinajstić information content (AvgIpc) is 3.13. The highest BCUT2D eigenvalue weighted by molar-refractivity contribution is 7.14. The van der Waals surface area contributed by atoms with Crippen LogP contribution in [0.2, 0.25) is 0 Å². The highest BCUT2D eigenvalue weighted by atomic mass is 32.1. The van der Waals surface area contributed by atoms with Gasteiger partial charge in [-0.25, -0.2) is 9.37 Å². The Morgan fingerprint density at radius 1 is 1.19 bits per heavy atom. The lowest BCUT2D eigenvalue weighted by atomic mass is 10.2. The fraction of sp³-hybridized carbons (Fsp3) is 0.0526. The highest BCUT2D eigenvalue weighted by Crippen LogP contribution is 2.25. The number of halogens is 1. The minimum atomic E-state index is -0.345. The molecule has 8 heteroatoms. The van der Waals surface area contributed by atoms with Gasteiger partial charge < -0.3 is 5.32 Å². The molecule has 1 amide bonds. The summed E-state index contributed by atoms with van der Waals surface area (Å²) in [5.41, 5.74) is 1.61. The number of benzene rings is 2. The van der Waals surface area contributed by atoms with Crippen LogP contribution in [0.5, 0.6) is 0 Å². The molecule has 4 aromatic rings. The van der Waals surface area contributed by atoms with Crippen LogP contribution in [0.4, 0.5) is 9.52 Å². The number of thiazole rings is 1. The van der Waals surface area contributed by atoms with Gasteiger partial charge in [0.1, 0.15) is 12.4 Å². The lowest BCUT2D eigenvalue weighted by Gasteiger charge is -2.08. The van der Waals surface area contributed by atoms with E-state index in [-0.39, 0.29) is 23.7 Å². The van der Waals surface area contributed by atoms with E-state index in [1.165, 1.54) is 34.3 Å². The molecule has 1 N–H and O–H groups in total. The van der Waals surface area contributed by atoms with Crippen molar-refractivity contribution in [3.8, 4) is 11.3 Å². The third-order valence-corrected chi connectivity index (χ3v) is 4.68. The first kappa shape index (κ1) is 17.0. The first-order chi connectivity index (χ1) is 13.1. The molecule has 6 nitrogen and oxygen atoms in total. The maximum Gasteiger partial charge on any atom is 0.247 e. The number of nitrogens with one attached hydrogen (secondary N) is 1. The summed E-state index contributed by atoms with van der Waals surface area (Å²) >= 11 is 1.25. The second-order valence-electron chi connectivity index (χ2n) is 5.78. The summed E-state index contributed by atoms with van der Waals surface area (Å²) in [6, 6.07) is 13.1. The summed E-state index contributed by atoms with van der Waals surface area (Å²) in [5, 5.41) is 9.40. The van der Waals surface area contributed by atoms with E-state index in [9.17, 15) is 14.0 Å². The summed E-state index contributed by atoms with van der Waals surface area (Å²) in [6.07, 6.45) is 1.20. The second kappa shape index (κ2) is 7.08. The molecule has 0 atom stereocenters. The molecule has 0 aliphatic heterocycles. The van der Waals surface area contributed by atoms with Crippen LogP contribution < -0.4 is 10.7 Å². The van der Waals surface area contributed by atoms with E-state index in [1.54, 1.807) is 41.8 Å². The van der Waals surface area contributed by atoms with Gasteiger partial charge in [0.15, 0.2) is 5.13 Å². The Morgan fingerprint density at radius 3 is 2.89 bits per heavy atom. The van der Waals surface area contributed by atoms with Crippen LogP contribution in [0.25, 0.3) is 22.2 Å². The number of fused-ring (bicyclic) bond motifs is 1. The molecule has 0 unspecified atom stereocenters. The first-order valence-electron chi connectivity index (χ1n) is 8.06. The fourth-order valence-corrected chi connectivity index (χ4v) is 3.43. The van der Waals surface area contributed by atoms with Crippen molar-refractivity contribution in [1.29, 1.82) is 0 Å². The second-order valence-corrected chi connectivity index (χ2v) is 6.64. The molecule has 2 aromatic carbocycles. The molecule has 134 valence electrons. The molecule has 0 fully saturated rings. The first-order valence-corrected chi connectivity index (χ1v) is 8.94. The Balaban J connectivity index is 1.53. The number of amides is 1. The molecule has 0 saturated carbocycles. The van der Waals surface area contributed by atoms with Gasteiger partial charge in [0, 0.05) is 16.3 Å². The van der Waals surface area contributed by atoms with Crippen LogP contribution in [0.3, 0.4) is 0 Å². The number of aromatic nitrogens is 3. The largest absolute Gasteiger partial charge is 0.300 e. The van der Waals surface area contributed by atoms with E-state index < -0.39 is 0 Å². The van der Waals surface area contributed by atoms with Crippen molar-refractivity contribution >= 4 is 33.3 Å². The van der Waals surface area contributed by atoms with Crippen molar-refractivity contribution in [2.45, 2.75) is 6.54 Å². The summed E-state index contributed by atoms with van der Waals surface area (Å²) in [7, 11) is 0. The van der Waals surface area contributed by atoms with Crippen molar-refractivity contribution in [2.75, 3.05) is 5.32 Å². The zero-order chi connectivity index (χ0) is 18.8. The smallest absolute Gasteiger partial charge is 0.247 e. The number of nitrogens with zero attached hydrogens (tertiary/aromatic N) is 3. The SMILES string of the molecule is O=C(Cn1ncc(=O)c2ccccc21)Nc1nc(-c2cccc(F)c2)cs1. The molecule has 0 saturated heterocycles. The van der Waals surface area contributed by atoms with Crippen molar-refractivity contribution < 1.29 is 9.18 Å². The maximum atomic E-state index is 13.3. The van der Waals surface area contributed by atoms with E-state index >= 15 is 0 Å². The van der Waals surface area contributed by atoms with Crippen LogP contribution in [0.1, 0.15) is 0 Å². The highest BCUT2D eigenvalue weighted by Gasteiger charge is 2.11. The van der Waals surface area contributed by atoms with E-state index in [0.29, 0.717) is 27.3 Å². The molecule has 4 rings (SSSR count). The van der Waals surface area contributed by atoms with Gasteiger partial charge in [-0.15, -0.1) is 11.3 Å². The quantitative estimate of drug-likeness (QED) is 0.589. The topological polar surface area (TPSA) is 76.9 Å². The van der Waals surface area contributed by atoms with E-state index in [1.807, 2.05) is 0 Å². The predicted molar refractivity (Wildman–Crippen MR) is 102 cm³/mol. The molecule has 0 radical (unpaired) electrons. The molecule has 0 spiro atoms. The van der Waals surface area contributed by atoms with Crippen LogP contribution in [-0.4, -0.2) is 20.7 Å². The molecule has 27 heavy (non-hydrogen) atoms. The molecule has 0 aliphatic rings.